The number of hydrogen-bond acceptors (Lipinski definition) is 5. The lowest BCUT2D eigenvalue weighted by molar-refractivity contribution is -0.385. The van der Waals surface area contributed by atoms with Crippen LogP contribution in [-0.4, -0.2) is 22.9 Å². The Hall–Kier alpha value is -4.26. The fourth-order valence-electron chi connectivity index (χ4n) is 3.38. The average Bonchev–Trinajstić information content (AvgIpc) is 2.79. The zero-order valence-corrected chi connectivity index (χ0v) is 17.0. The van der Waals surface area contributed by atoms with Crippen LogP contribution in [0.25, 0.3) is 22.2 Å². The zero-order valence-electron chi connectivity index (χ0n) is 17.0. The van der Waals surface area contributed by atoms with Gasteiger partial charge in [0.2, 0.25) is 0 Å². The maximum Gasteiger partial charge on any atom is 0.274 e. The highest BCUT2D eigenvalue weighted by Crippen LogP contribution is 2.28. The summed E-state index contributed by atoms with van der Waals surface area (Å²) < 4.78 is 5.30. The second kappa shape index (κ2) is 8.23. The fraction of sp³-hybridized carbons (Fsp3) is 0.0833. The first kappa shape index (κ1) is 20.0. The number of anilines is 1. The fourth-order valence-corrected chi connectivity index (χ4v) is 3.38. The second-order valence-corrected chi connectivity index (χ2v) is 7.02. The van der Waals surface area contributed by atoms with Gasteiger partial charge in [0, 0.05) is 28.3 Å². The number of aryl methyl sites for hydroxylation is 1. The molecule has 4 aromatic rings. The molecule has 4 rings (SSSR count). The number of methoxy groups -OCH3 is 1. The van der Waals surface area contributed by atoms with Crippen LogP contribution in [0.4, 0.5) is 11.4 Å². The van der Waals surface area contributed by atoms with Gasteiger partial charge in [-0.25, -0.2) is 4.98 Å². The predicted molar refractivity (Wildman–Crippen MR) is 120 cm³/mol. The first-order valence-corrected chi connectivity index (χ1v) is 9.57. The van der Waals surface area contributed by atoms with Gasteiger partial charge in [0.05, 0.1) is 28.8 Å². The number of nitrogens with zero attached hydrogens (tertiary/aromatic N) is 2. The summed E-state index contributed by atoms with van der Waals surface area (Å²) in [5.74, 6) is 0.311. The molecule has 1 amide bonds. The Bertz CT molecular complexity index is 1320. The Kier molecular flexibility index (Phi) is 5.32. The molecule has 0 aliphatic carbocycles. The molecule has 31 heavy (non-hydrogen) atoms. The number of carbonyl (C=O) groups excluding carboxylic acids is 1. The Morgan fingerprint density at radius 3 is 2.61 bits per heavy atom. The van der Waals surface area contributed by atoms with Gasteiger partial charge in [-0.3, -0.25) is 14.9 Å². The van der Waals surface area contributed by atoms with Crippen molar-refractivity contribution >= 4 is 28.2 Å². The van der Waals surface area contributed by atoms with Crippen molar-refractivity contribution in [1.82, 2.24) is 4.98 Å². The van der Waals surface area contributed by atoms with Crippen LogP contribution in [-0.2, 0) is 0 Å². The van der Waals surface area contributed by atoms with Crippen LogP contribution in [0.3, 0.4) is 0 Å². The summed E-state index contributed by atoms with van der Waals surface area (Å²) in [6, 6.07) is 21.1. The van der Waals surface area contributed by atoms with Gasteiger partial charge in [-0.05, 0) is 37.3 Å². The van der Waals surface area contributed by atoms with Crippen LogP contribution in [0.1, 0.15) is 15.9 Å². The number of nitro benzene ring substituents is 1. The molecule has 1 heterocycles. The molecule has 0 atom stereocenters. The van der Waals surface area contributed by atoms with Gasteiger partial charge in [0.25, 0.3) is 11.6 Å². The summed E-state index contributed by atoms with van der Waals surface area (Å²) >= 11 is 0. The van der Waals surface area contributed by atoms with Crippen molar-refractivity contribution < 1.29 is 14.5 Å². The molecule has 3 aromatic carbocycles. The molecule has 0 radical (unpaired) electrons. The monoisotopic (exact) mass is 413 g/mol. The van der Waals surface area contributed by atoms with Gasteiger partial charge in [-0.2, -0.15) is 0 Å². The summed E-state index contributed by atoms with van der Waals surface area (Å²) in [5.41, 5.74) is 3.36. The van der Waals surface area contributed by atoms with Crippen LogP contribution >= 0.6 is 0 Å². The highest BCUT2D eigenvalue weighted by atomic mass is 16.6. The summed E-state index contributed by atoms with van der Waals surface area (Å²) in [6.45, 7) is 1.65. The van der Waals surface area contributed by atoms with Crippen molar-refractivity contribution in [1.29, 1.82) is 0 Å². The Balaban J connectivity index is 1.78. The highest BCUT2D eigenvalue weighted by molar-refractivity contribution is 6.13. The van der Waals surface area contributed by atoms with Gasteiger partial charge in [0.1, 0.15) is 5.75 Å². The van der Waals surface area contributed by atoms with Gasteiger partial charge < -0.3 is 10.1 Å². The largest absolute Gasteiger partial charge is 0.497 e. The van der Waals surface area contributed by atoms with E-state index in [4.69, 9.17) is 9.72 Å². The minimum atomic E-state index is -0.465. The number of aromatic nitrogens is 1. The lowest BCUT2D eigenvalue weighted by atomic mass is 10.0. The second-order valence-electron chi connectivity index (χ2n) is 7.02. The van der Waals surface area contributed by atoms with Crippen LogP contribution in [0.2, 0.25) is 0 Å². The summed E-state index contributed by atoms with van der Waals surface area (Å²) in [5, 5.41) is 14.7. The predicted octanol–water partition coefficient (Wildman–Crippen LogP) is 5.38. The van der Waals surface area contributed by atoms with Crippen molar-refractivity contribution in [2.24, 2.45) is 0 Å². The number of hydrogen-bond donors (Lipinski definition) is 1. The molecule has 0 saturated carbocycles. The highest BCUT2D eigenvalue weighted by Gasteiger charge is 2.17. The third-order valence-electron chi connectivity index (χ3n) is 4.99. The number of benzene rings is 3. The number of rotatable bonds is 5. The standard InChI is InChI=1S/C24H19N3O4/c1-15-10-11-17(13-23(15)27(29)30)25-24(28)20-14-22(16-6-5-7-18(12-16)31-2)26-21-9-4-3-8-19(20)21/h3-14H,1-2H3,(H,25,28). The number of ether oxygens (including phenoxy) is 1. The third kappa shape index (κ3) is 4.06. The van der Waals surface area contributed by atoms with Crippen LogP contribution < -0.4 is 10.1 Å². The van der Waals surface area contributed by atoms with Crippen LogP contribution in [0, 0.1) is 17.0 Å². The van der Waals surface area contributed by atoms with Gasteiger partial charge in [-0.1, -0.05) is 36.4 Å². The van der Waals surface area contributed by atoms with E-state index in [0.29, 0.717) is 39.2 Å². The van der Waals surface area contributed by atoms with E-state index in [1.165, 1.54) is 6.07 Å². The molecule has 0 aliphatic rings. The third-order valence-corrected chi connectivity index (χ3v) is 4.99. The number of fused-ring (bicyclic) bond motifs is 1. The molecule has 0 bridgehead atoms. The summed E-state index contributed by atoms with van der Waals surface area (Å²) in [7, 11) is 1.59. The lowest BCUT2D eigenvalue weighted by Gasteiger charge is -2.11. The molecule has 0 aliphatic heterocycles. The minimum Gasteiger partial charge on any atom is -0.497 e. The quantitative estimate of drug-likeness (QED) is 0.350. The van der Waals surface area contributed by atoms with Crippen molar-refractivity contribution in [3.05, 3.63) is 94.0 Å². The van der Waals surface area contributed by atoms with E-state index in [2.05, 4.69) is 5.32 Å². The van der Waals surface area contributed by atoms with E-state index >= 15 is 0 Å². The summed E-state index contributed by atoms with van der Waals surface area (Å²) in [6.07, 6.45) is 0. The number of amides is 1. The van der Waals surface area contributed by atoms with E-state index in [1.54, 1.807) is 32.2 Å². The Labute approximate surface area is 178 Å². The number of pyridine rings is 1. The molecule has 7 nitrogen and oxygen atoms in total. The first-order chi connectivity index (χ1) is 15.0. The van der Waals surface area contributed by atoms with E-state index in [0.717, 1.165) is 5.56 Å². The number of nitro groups is 1. The molecule has 0 unspecified atom stereocenters. The van der Waals surface area contributed by atoms with E-state index in [1.807, 2.05) is 48.5 Å². The molecule has 1 N–H and O–H groups in total. The summed E-state index contributed by atoms with van der Waals surface area (Å²) in [4.78, 5) is 28.6. The van der Waals surface area contributed by atoms with E-state index < -0.39 is 4.92 Å². The Morgan fingerprint density at radius 2 is 1.84 bits per heavy atom. The van der Waals surface area contributed by atoms with Crippen molar-refractivity contribution in [3.63, 3.8) is 0 Å². The van der Waals surface area contributed by atoms with Crippen LogP contribution in [0.15, 0.2) is 72.8 Å². The smallest absolute Gasteiger partial charge is 0.274 e. The lowest BCUT2D eigenvalue weighted by Crippen LogP contribution is -2.13. The van der Waals surface area contributed by atoms with Gasteiger partial charge >= 0.3 is 0 Å². The maximum atomic E-state index is 13.2. The molecule has 0 saturated heterocycles. The van der Waals surface area contributed by atoms with E-state index in [-0.39, 0.29) is 11.6 Å². The first-order valence-electron chi connectivity index (χ1n) is 9.57. The zero-order chi connectivity index (χ0) is 22.0. The molecule has 0 spiro atoms. The number of carbonyl (C=O) groups is 1. The minimum absolute atomic E-state index is 0.0468. The molecule has 0 fully saturated rings. The maximum absolute atomic E-state index is 13.2. The topological polar surface area (TPSA) is 94.4 Å². The Morgan fingerprint density at radius 1 is 1.03 bits per heavy atom. The number of para-hydroxylation sites is 1. The normalized spacial score (nSPS) is 10.6. The average molecular weight is 413 g/mol. The van der Waals surface area contributed by atoms with Gasteiger partial charge in [0.15, 0.2) is 0 Å². The van der Waals surface area contributed by atoms with E-state index in [9.17, 15) is 14.9 Å². The van der Waals surface area contributed by atoms with Crippen molar-refractivity contribution in [2.75, 3.05) is 12.4 Å². The SMILES string of the molecule is COc1cccc(-c2cc(C(=O)Nc3ccc(C)c([N+](=O)[O-])c3)c3ccccc3n2)c1. The van der Waals surface area contributed by atoms with Crippen LogP contribution in [0.5, 0.6) is 5.75 Å². The van der Waals surface area contributed by atoms with Gasteiger partial charge in [-0.15, -0.1) is 0 Å². The molecule has 154 valence electrons. The molecular weight excluding hydrogens is 394 g/mol. The molecular formula is C24H19N3O4. The van der Waals surface area contributed by atoms with Crippen molar-refractivity contribution in [2.45, 2.75) is 6.92 Å². The molecule has 7 heteroatoms. The molecule has 1 aromatic heterocycles. The number of nitrogens with one attached hydrogen (secondary N) is 1. The van der Waals surface area contributed by atoms with Crippen molar-refractivity contribution in [3.8, 4) is 17.0 Å².